The summed E-state index contributed by atoms with van der Waals surface area (Å²) in [7, 11) is 0. The molecular formula is C19H21ClN2O. The van der Waals surface area contributed by atoms with Crippen LogP contribution in [-0.2, 0) is 5.72 Å². The summed E-state index contributed by atoms with van der Waals surface area (Å²) in [6, 6.07) is 14.3. The smallest absolute Gasteiger partial charge is 0.193 e. The summed E-state index contributed by atoms with van der Waals surface area (Å²) in [4.78, 5) is 6.74. The van der Waals surface area contributed by atoms with Crippen LogP contribution in [0.5, 0.6) is 0 Å². The lowest BCUT2D eigenvalue weighted by molar-refractivity contribution is -0.0318. The molecule has 120 valence electrons. The number of benzene rings is 2. The number of aryl methyl sites for hydroxylation is 2. The molecular weight excluding hydrogens is 308 g/mol. The molecule has 2 aliphatic heterocycles. The summed E-state index contributed by atoms with van der Waals surface area (Å²) in [5, 5.41) is 11.7. The third kappa shape index (κ3) is 2.19. The van der Waals surface area contributed by atoms with Crippen molar-refractivity contribution in [3.8, 4) is 0 Å². The predicted molar refractivity (Wildman–Crippen MR) is 95.3 cm³/mol. The second kappa shape index (κ2) is 5.66. The van der Waals surface area contributed by atoms with Crippen LogP contribution in [0.2, 0.25) is 0 Å². The summed E-state index contributed by atoms with van der Waals surface area (Å²) in [6.07, 6.45) is 0.977. The summed E-state index contributed by atoms with van der Waals surface area (Å²) in [5.74, 6) is 0.933. The monoisotopic (exact) mass is 328 g/mol. The highest BCUT2D eigenvalue weighted by molar-refractivity contribution is 6.04. The first-order valence-electron chi connectivity index (χ1n) is 7.84. The third-order valence-corrected chi connectivity index (χ3v) is 4.90. The maximum atomic E-state index is 11.7. The average Bonchev–Trinajstić information content (AvgIpc) is 2.82. The topological polar surface area (TPSA) is 35.8 Å². The Labute approximate surface area is 143 Å². The van der Waals surface area contributed by atoms with Crippen LogP contribution in [0.15, 0.2) is 47.5 Å². The van der Waals surface area contributed by atoms with E-state index in [4.69, 9.17) is 0 Å². The third-order valence-electron chi connectivity index (χ3n) is 4.90. The molecule has 0 amide bonds. The molecule has 0 spiro atoms. The predicted octanol–water partition coefficient (Wildman–Crippen LogP) is 3.38. The van der Waals surface area contributed by atoms with Gasteiger partial charge in [-0.15, -0.1) is 12.4 Å². The van der Waals surface area contributed by atoms with E-state index >= 15 is 0 Å². The van der Waals surface area contributed by atoms with Crippen molar-refractivity contribution in [2.24, 2.45) is 4.99 Å². The number of hydrogen-bond donors (Lipinski definition) is 1. The highest BCUT2D eigenvalue weighted by Gasteiger charge is 2.48. The summed E-state index contributed by atoms with van der Waals surface area (Å²) < 4.78 is 0. The van der Waals surface area contributed by atoms with Gasteiger partial charge in [0.1, 0.15) is 5.84 Å². The number of fused-ring (bicyclic) bond motifs is 3. The van der Waals surface area contributed by atoms with Gasteiger partial charge < -0.3 is 10.0 Å². The van der Waals surface area contributed by atoms with Crippen molar-refractivity contribution in [2.45, 2.75) is 26.0 Å². The van der Waals surface area contributed by atoms with Crippen molar-refractivity contribution in [2.75, 3.05) is 13.1 Å². The molecule has 2 aromatic rings. The molecule has 1 atom stereocenters. The van der Waals surface area contributed by atoms with Crippen LogP contribution in [0, 0.1) is 13.8 Å². The minimum absolute atomic E-state index is 0. The Morgan fingerprint density at radius 1 is 1.09 bits per heavy atom. The van der Waals surface area contributed by atoms with Gasteiger partial charge in [0.15, 0.2) is 5.72 Å². The minimum Gasteiger partial charge on any atom is -0.363 e. The molecule has 0 fully saturated rings. The van der Waals surface area contributed by atoms with E-state index in [2.05, 4.69) is 41.9 Å². The van der Waals surface area contributed by atoms with Crippen LogP contribution < -0.4 is 0 Å². The Balaban J connectivity index is 0.00000156. The van der Waals surface area contributed by atoms with Gasteiger partial charge in [0, 0.05) is 29.8 Å². The molecule has 4 heteroatoms. The number of aliphatic imine (C=N–C) groups is 1. The van der Waals surface area contributed by atoms with E-state index < -0.39 is 5.72 Å². The normalized spacial score (nSPS) is 22.0. The zero-order valence-electron chi connectivity index (χ0n) is 13.4. The molecule has 2 aromatic carbocycles. The Hall–Kier alpha value is -1.84. The summed E-state index contributed by atoms with van der Waals surface area (Å²) in [6.45, 7) is 5.86. The summed E-state index contributed by atoms with van der Waals surface area (Å²) >= 11 is 0. The van der Waals surface area contributed by atoms with Gasteiger partial charge in [0.2, 0.25) is 0 Å². The first kappa shape index (κ1) is 16.0. The zero-order valence-corrected chi connectivity index (χ0v) is 14.2. The Morgan fingerprint density at radius 2 is 1.87 bits per heavy atom. The van der Waals surface area contributed by atoms with Crippen LogP contribution >= 0.6 is 12.4 Å². The van der Waals surface area contributed by atoms with Gasteiger partial charge in [-0.25, -0.2) is 0 Å². The van der Waals surface area contributed by atoms with E-state index in [1.54, 1.807) is 0 Å². The molecule has 1 N–H and O–H groups in total. The van der Waals surface area contributed by atoms with Crippen LogP contribution in [0.3, 0.4) is 0 Å². The van der Waals surface area contributed by atoms with Crippen molar-refractivity contribution in [3.05, 3.63) is 70.3 Å². The van der Waals surface area contributed by atoms with E-state index in [9.17, 15) is 5.11 Å². The van der Waals surface area contributed by atoms with Crippen LogP contribution in [-0.4, -0.2) is 28.9 Å². The van der Waals surface area contributed by atoms with Crippen molar-refractivity contribution >= 4 is 18.2 Å². The fraction of sp³-hybridized carbons (Fsp3) is 0.316. The lowest BCUT2D eigenvalue weighted by Crippen LogP contribution is -2.47. The maximum Gasteiger partial charge on any atom is 0.193 e. The number of amidine groups is 1. The van der Waals surface area contributed by atoms with Crippen LogP contribution in [0.1, 0.15) is 34.2 Å². The van der Waals surface area contributed by atoms with Gasteiger partial charge in [-0.05, 0) is 31.4 Å². The van der Waals surface area contributed by atoms with Gasteiger partial charge in [-0.3, -0.25) is 4.99 Å². The van der Waals surface area contributed by atoms with Crippen molar-refractivity contribution in [1.82, 2.24) is 4.90 Å². The highest BCUT2D eigenvalue weighted by Crippen LogP contribution is 2.43. The van der Waals surface area contributed by atoms with Crippen LogP contribution in [0.4, 0.5) is 0 Å². The van der Waals surface area contributed by atoms with E-state index in [0.29, 0.717) is 0 Å². The fourth-order valence-electron chi connectivity index (χ4n) is 3.55. The van der Waals surface area contributed by atoms with E-state index in [-0.39, 0.29) is 12.4 Å². The molecule has 0 radical (unpaired) electrons. The Bertz CT molecular complexity index is 787. The Morgan fingerprint density at radius 3 is 2.65 bits per heavy atom. The SMILES string of the molecule is Cc1ccc(C2(O)c3ccccc3C3=NCCCN32)cc1C.Cl. The molecule has 2 heterocycles. The van der Waals surface area contributed by atoms with Crippen molar-refractivity contribution < 1.29 is 5.11 Å². The van der Waals surface area contributed by atoms with E-state index in [1.165, 1.54) is 11.1 Å². The molecule has 3 nitrogen and oxygen atoms in total. The minimum atomic E-state index is -1.10. The van der Waals surface area contributed by atoms with Gasteiger partial charge in [-0.1, -0.05) is 42.5 Å². The first-order valence-corrected chi connectivity index (χ1v) is 7.84. The molecule has 23 heavy (non-hydrogen) atoms. The van der Waals surface area contributed by atoms with Gasteiger partial charge in [0.25, 0.3) is 0 Å². The number of hydrogen-bond acceptors (Lipinski definition) is 3. The Kier molecular flexibility index (Phi) is 3.95. The number of aliphatic hydroxyl groups is 1. The lowest BCUT2D eigenvalue weighted by atomic mass is 9.91. The maximum absolute atomic E-state index is 11.7. The average molecular weight is 329 g/mol. The lowest BCUT2D eigenvalue weighted by Gasteiger charge is -2.38. The van der Waals surface area contributed by atoms with Crippen LogP contribution in [0.25, 0.3) is 0 Å². The standard InChI is InChI=1S/C19H20N2O.ClH/c1-13-8-9-15(12-14(13)2)19(22)17-7-4-3-6-16(17)18-20-10-5-11-21(18)19;/h3-4,6-9,12,22H,5,10-11H2,1-2H3;1H. The fourth-order valence-corrected chi connectivity index (χ4v) is 3.55. The van der Waals surface area contributed by atoms with Crippen molar-refractivity contribution in [3.63, 3.8) is 0 Å². The molecule has 0 aromatic heterocycles. The second-order valence-corrected chi connectivity index (χ2v) is 6.23. The molecule has 2 aliphatic rings. The number of nitrogens with zero attached hydrogens (tertiary/aromatic N) is 2. The molecule has 1 unspecified atom stereocenters. The molecule has 0 aliphatic carbocycles. The van der Waals surface area contributed by atoms with Gasteiger partial charge >= 0.3 is 0 Å². The quantitative estimate of drug-likeness (QED) is 0.871. The first-order chi connectivity index (χ1) is 10.6. The zero-order chi connectivity index (χ0) is 15.3. The number of rotatable bonds is 1. The van der Waals surface area contributed by atoms with E-state index in [0.717, 1.165) is 42.0 Å². The highest BCUT2D eigenvalue weighted by atomic mass is 35.5. The van der Waals surface area contributed by atoms with E-state index in [1.807, 2.05) is 24.3 Å². The van der Waals surface area contributed by atoms with Gasteiger partial charge in [-0.2, -0.15) is 0 Å². The largest absolute Gasteiger partial charge is 0.363 e. The summed E-state index contributed by atoms with van der Waals surface area (Å²) in [5.41, 5.74) is 4.27. The van der Waals surface area contributed by atoms with Gasteiger partial charge in [0.05, 0.1) is 0 Å². The van der Waals surface area contributed by atoms with Crippen molar-refractivity contribution in [1.29, 1.82) is 0 Å². The molecule has 0 saturated carbocycles. The molecule has 0 bridgehead atoms. The molecule has 4 rings (SSSR count). The molecule has 0 saturated heterocycles. The second-order valence-electron chi connectivity index (χ2n) is 6.23. The number of halogens is 1.